The zero-order valence-electron chi connectivity index (χ0n) is 15.5. The van der Waals surface area contributed by atoms with E-state index < -0.39 is 0 Å². The van der Waals surface area contributed by atoms with Crippen molar-refractivity contribution >= 4 is 21.6 Å². The Balaban J connectivity index is 1.24. The fourth-order valence-corrected chi connectivity index (χ4v) is 5.14. The van der Waals surface area contributed by atoms with E-state index in [1.165, 1.54) is 15.5 Å². The number of benzene rings is 1. The van der Waals surface area contributed by atoms with Crippen LogP contribution >= 0.6 is 11.3 Å². The molecule has 7 nitrogen and oxygen atoms in total. The highest BCUT2D eigenvalue weighted by Crippen LogP contribution is 2.31. The van der Waals surface area contributed by atoms with Gasteiger partial charge in [0, 0.05) is 19.0 Å². The van der Waals surface area contributed by atoms with Gasteiger partial charge in [0.15, 0.2) is 0 Å². The van der Waals surface area contributed by atoms with E-state index in [1.54, 1.807) is 18.4 Å². The highest BCUT2D eigenvalue weighted by molar-refractivity contribution is 7.18. The Bertz CT molecular complexity index is 943. The molecule has 0 aliphatic carbocycles. The molecule has 0 radical (unpaired) electrons. The highest BCUT2D eigenvalue weighted by Gasteiger charge is 2.27. The molecule has 27 heavy (non-hydrogen) atoms. The number of thiazole rings is 1. The maximum atomic E-state index is 5.32. The number of hydrogen-bond donors (Lipinski definition) is 1. The average Bonchev–Trinajstić information content (AvgIpc) is 3.31. The van der Waals surface area contributed by atoms with Crippen LogP contribution in [0.25, 0.3) is 10.2 Å². The van der Waals surface area contributed by atoms with Gasteiger partial charge in [0.1, 0.15) is 22.4 Å². The summed E-state index contributed by atoms with van der Waals surface area (Å²) in [5.41, 5.74) is 1.06. The van der Waals surface area contributed by atoms with E-state index >= 15 is 0 Å². The summed E-state index contributed by atoms with van der Waals surface area (Å²) in [5.74, 6) is 3.70. The van der Waals surface area contributed by atoms with Crippen LogP contribution in [0.15, 0.2) is 18.2 Å². The van der Waals surface area contributed by atoms with Gasteiger partial charge in [0.2, 0.25) is 0 Å². The maximum absolute atomic E-state index is 5.32. The highest BCUT2D eigenvalue weighted by atomic mass is 32.1. The average molecular weight is 385 g/mol. The monoisotopic (exact) mass is 384 g/mol. The third kappa shape index (κ3) is 3.33. The van der Waals surface area contributed by atoms with Crippen LogP contribution < -0.4 is 10.1 Å². The molecule has 0 atom stereocenters. The van der Waals surface area contributed by atoms with Crippen molar-refractivity contribution in [2.45, 2.75) is 38.4 Å². The van der Waals surface area contributed by atoms with Gasteiger partial charge in [0.25, 0.3) is 0 Å². The van der Waals surface area contributed by atoms with E-state index in [0.29, 0.717) is 5.92 Å². The number of likely N-dealkylation sites (tertiary alicyclic amines) is 1. The normalized spacial score (nSPS) is 18.7. The summed E-state index contributed by atoms with van der Waals surface area (Å²) in [6.07, 6.45) is 2.29. The Morgan fingerprint density at radius 1 is 1.22 bits per heavy atom. The summed E-state index contributed by atoms with van der Waals surface area (Å²) in [5, 5.41) is 13.4. The van der Waals surface area contributed by atoms with Crippen molar-refractivity contribution in [3.63, 3.8) is 0 Å². The van der Waals surface area contributed by atoms with Crippen molar-refractivity contribution in [1.82, 2.24) is 30.0 Å². The molecule has 1 N–H and O–H groups in total. The Kier molecular flexibility index (Phi) is 4.55. The standard InChI is InChI=1S/C19H24N6OS/c1-26-14-2-3-15-16(10-14)27-18(21-15)12-24-7-4-13(5-8-24)19-23-22-17-11-20-6-9-25(17)19/h2-3,10,13,20H,4-9,11-12H2,1H3. The molecule has 0 amide bonds. The third-order valence-electron chi connectivity index (χ3n) is 5.60. The van der Waals surface area contributed by atoms with E-state index in [0.717, 1.165) is 69.2 Å². The molecule has 2 aliphatic rings. The molecule has 5 rings (SSSR count). The van der Waals surface area contributed by atoms with E-state index in [9.17, 15) is 0 Å². The van der Waals surface area contributed by atoms with Gasteiger partial charge in [-0.15, -0.1) is 21.5 Å². The zero-order chi connectivity index (χ0) is 18.2. The molecule has 0 bridgehead atoms. The van der Waals surface area contributed by atoms with E-state index in [2.05, 4.69) is 31.0 Å². The molecular weight excluding hydrogens is 360 g/mol. The second-order valence-corrected chi connectivity index (χ2v) is 8.41. The number of ether oxygens (including phenoxy) is 1. The van der Waals surface area contributed by atoms with Crippen LogP contribution in [0.5, 0.6) is 5.75 Å². The van der Waals surface area contributed by atoms with Crippen molar-refractivity contribution in [3.05, 3.63) is 34.9 Å². The largest absolute Gasteiger partial charge is 0.497 e. The number of piperidine rings is 1. The number of nitrogens with one attached hydrogen (secondary N) is 1. The van der Waals surface area contributed by atoms with Gasteiger partial charge in [-0.25, -0.2) is 4.98 Å². The fourth-order valence-electron chi connectivity index (χ4n) is 4.10. The van der Waals surface area contributed by atoms with Crippen molar-refractivity contribution < 1.29 is 4.74 Å². The van der Waals surface area contributed by atoms with Gasteiger partial charge in [-0.2, -0.15) is 0 Å². The van der Waals surface area contributed by atoms with Crippen LogP contribution in [0.4, 0.5) is 0 Å². The van der Waals surface area contributed by atoms with Crippen molar-refractivity contribution in [2.75, 3.05) is 26.7 Å². The molecule has 8 heteroatoms. The van der Waals surface area contributed by atoms with E-state index in [-0.39, 0.29) is 0 Å². The fraction of sp³-hybridized carbons (Fsp3) is 0.526. The van der Waals surface area contributed by atoms with Crippen molar-refractivity contribution in [3.8, 4) is 5.75 Å². The summed E-state index contributed by atoms with van der Waals surface area (Å²) in [4.78, 5) is 7.31. The molecule has 0 spiro atoms. The summed E-state index contributed by atoms with van der Waals surface area (Å²) in [6.45, 7) is 5.95. The lowest BCUT2D eigenvalue weighted by Gasteiger charge is -2.31. The van der Waals surface area contributed by atoms with Crippen LogP contribution in [0.1, 0.15) is 35.4 Å². The topological polar surface area (TPSA) is 68.1 Å². The van der Waals surface area contributed by atoms with Gasteiger partial charge in [-0.1, -0.05) is 0 Å². The predicted octanol–water partition coefficient (Wildman–Crippen LogP) is 2.38. The molecule has 0 unspecified atom stereocenters. The SMILES string of the molecule is COc1ccc2nc(CN3CCC(c4nnc5n4CCNC5)CC3)sc2c1. The Labute approximate surface area is 162 Å². The predicted molar refractivity (Wildman–Crippen MR) is 105 cm³/mol. The molecule has 142 valence electrons. The van der Waals surface area contributed by atoms with Crippen LogP contribution in [-0.4, -0.2) is 51.4 Å². The third-order valence-corrected chi connectivity index (χ3v) is 6.61. The quantitative estimate of drug-likeness (QED) is 0.745. The van der Waals surface area contributed by atoms with Gasteiger partial charge in [0.05, 0.1) is 30.4 Å². The van der Waals surface area contributed by atoms with Crippen LogP contribution in [0, 0.1) is 0 Å². The minimum atomic E-state index is 0.528. The molecular formula is C19H24N6OS. The molecule has 4 heterocycles. The minimum Gasteiger partial charge on any atom is -0.497 e. The van der Waals surface area contributed by atoms with E-state index in [4.69, 9.17) is 9.72 Å². The van der Waals surface area contributed by atoms with Crippen molar-refractivity contribution in [1.29, 1.82) is 0 Å². The number of hydrogen-bond acceptors (Lipinski definition) is 7. The van der Waals surface area contributed by atoms with Crippen LogP contribution in [-0.2, 0) is 19.6 Å². The molecule has 2 aliphatic heterocycles. The second kappa shape index (κ2) is 7.18. The first-order valence-corrected chi connectivity index (χ1v) is 10.4. The lowest BCUT2D eigenvalue weighted by atomic mass is 9.96. The first-order chi connectivity index (χ1) is 13.3. The number of methoxy groups -OCH3 is 1. The Hall–Kier alpha value is -2.03. The molecule has 1 fully saturated rings. The van der Waals surface area contributed by atoms with Crippen LogP contribution in [0.3, 0.4) is 0 Å². The zero-order valence-corrected chi connectivity index (χ0v) is 16.3. The molecule has 2 aromatic heterocycles. The maximum Gasteiger partial charge on any atom is 0.147 e. The molecule has 1 aromatic carbocycles. The van der Waals surface area contributed by atoms with Gasteiger partial charge in [-0.05, 0) is 44.1 Å². The first-order valence-electron chi connectivity index (χ1n) is 9.58. The first kappa shape index (κ1) is 17.1. The minimum absolute atomic E-state index is 0.528. The summed E-state index contributed by atoms with van der Waals surface area (Å²) >= 11 is 1.77. The number of rotatable bonds is 4. The Morgan fingerprint density at radius 3 is 2.96 bits per heavy atom. The van der Waals surface area contributed by atoms with E-state index in [1.807, 2.05) is 12.1 Å². The lowest BCUT2D eigenvalue weighted by molar-refractivity contribution is 0.199. The molecule has 3 aromatic rings. The number of fused-ring (bicyclic) bond motifs is 2. The molecule has 0 saturated carbocycles. The lowest BCUT2D eigenvalue weighted by Crippen LogP contribution is -2.34. The summed E-state index contributed by atoms with van der Waals surface area (Å²) < 4.78 is 8.85. The smallest absolute Gasteiger partial charge is 0.147 e. The molecule has 1 saturated heterocycles. The number of nitrogens with zero attached hydrogens (tertiary/aromatic N) is 5. The van der Waals surface area contributed by atoms with Gasteiger partial charge in [-0.3, -0.25) is 4.90 Å². The second-order valence-electron chi connectivity index (χ2n) is 7.29. The Morgan fingerprint density at radius 2 is 2.11 bits per heavy atom. The summed E-state index contributed by atoms with van der Waals surface area (Å²) in [7, 11) is 1.70. The number of aromatic nitrogens is 4. The van der Waals surface area contributed by atoms with Gasteiger partial charge >= 0.3 is 0 Å². The van der Waals surface area contributed by atoms with Gasteiger partial charge < -0.3 is 14.6 Å². The summed E-state index contributed by atoms with van der Waals surface area (Å²) in [6, 6.07) is 6.10. The van der Waals surface area contributed by atoms with Crippen molar-refractivity contribution in [2.24, 2.45) is 0 Å². The van der Waals surface area contributed by atoms with Crippen LogP contribution in [0.2, 0.25) is 0 Å².